The van der Waals surface area contributed by atoms with Crippen molar-refractivity contribution in [2.45, 2.75) is 25.7 Å². The third-order valence-electron chi connectivity index (χ3n) is 5.28. The highest BCUT2D eigenvalue weighted by atomic mass is 35.5. The molecule has 0 amide bonds. The van der Waals surface area contributed by atoms with Crippen LogP contribution in [0.15, 0.2) is 42.5 Å². The summed E-state index contributed by atoms with van der Waals surface area (Å²) in [5, 5.41) is 4.06. The summed E-state index contributed by atoms with van der Waals surface area (Å²) >= 11 is 6.15. The van der Waals surface area contributed by atoms with Crippen molar-refractivity contribution in [3.63, 3.8) is 0 Å². The standard InChI is InChI=1S/C22H28ClFN2O.2ClH/c1-27-22-8-7-20(16-21(22)23)25-11-2-12-26-13-9-18(10-14-26)15-17-3-5-19(24)6-4-17;;/h3-8,16,18,25H,2,9-15H2,1H3;2*1H. The number of methoxy groups -OCH3 is 1. The van der Waals surface area contributed by atoms with Crippen LogP contribution in [0.1, 0.15) is 24.8 Å². The molecule has 7 heteroatoms. The number of nitrogens with zero attached hydrogens (tertiary/aromatic N) is 1. The van der Waals surface area contributed by atoms with Crippen LogP contribution in [-0.4, -0.2) is 38.2 Å². The fourth-order valence-electron chi connectivity index (χ4n) is 3.68. The SMILES string of the molecule is COc1ccc(NCCCN2CCC(Cc3ccc(F)cc3)CC2)cc1Cl.Cl.Cl. The van der Waals surface area contributed by atoms with Gasteiger partial charge in [0.15, 0.2) is 0 Å². The lowest BCUT2D eigenvalue weighted by Gasteiger charge is -2.32. The first kappa shape index (κ1) is 25.8. The van der Waals surface area contributed by atoms with Crippen LogP contribution in [0.3, 0.4) is 0 Å². The Balaban J connectivity index is 0.00000210. The monoisotopic (exact) mass is 462 g/mol. The summed E-state index contributed by atoms with van der Waals surface area (Å²) in [6.45, 7) is 4.35. The summed E-state index contributed by atoms with van der Waals surface area (Å²) in [4.78, 5) is 2.55. The normalized spacial score (nSPS) is 14.6. The van der Waals surface area contributed by atoms with Crippen molar-refractivity contribution < 1.29 is 9.13 Å². The number of benzene rings is 2. The van der Waals surface area contributed by atoms with Crippen molar-refractivity contribution in [1.29, 1.82) is 0 Å². The molecule has 0 atom stereocenters. The van der Waals surface area contributed by atoms with E-state index in [1.54, 1.807) is 19.2 Å². The largest absolute Gasteiger partial charge is 0.495 e. The Bertz CT molecular complexity index is 722. The van der Waals surface area contributed by atoms with E-state index in [0.29, 0.717) is 16.7 Å². The maximum absolute atomic E-state index is 13.0. The second kappa shape index (κ2) is 13.2. The van der Waals surface area contributed by atoms with Crippen LogP contribution >= 0.6 is 36.4 Å². The van der Waals surface area contributed by atoms with Gasteiger partial charge in [0, 0.05) is 12.2 Å². The van der Waals surface area contributed by atoms with Crippen molar-refractivity contribution in [2.75, 3.05) is 38.6 Å². The van der Waals surface area contributed by atoms with Gasteiger partial charge < -0.3 is 15.0 Å². The molecule has 0 bridgehead atoms. The lowest BCUT2D eigenvalue weighted by molar-refractivity contribution is 0.183. The van der Waals surface area contributed by atoms with Crippen molar-refractivity contribution in [3.8, 4) is 5.75 Å². The molecule has 0 aliphatic carbocycles. The molecule has 0 radical (unpaired) electrons. The molecule has 2 aromatic carbocycles. The van der Waals surface area contributed by atoms with Crippen LogP contribution in [0.5, 0.6) is 5.75 Å². The Hall–Kier alpha value is -1.20. The number of piperidine rings is 1. The number of hydrogen-bond acceptors (Lipinski definition) is 3. The zero-order chi connectivity index (χ0) is 19.1. The smallest absolute Gasteiger partial charge is 0.137 e. The Labute approximate surface area is 190 Å². The summed E-state index contributed by atoms with van der Waals surface area (Å²) in [6, 6.07) is 12.7. The Morgan fingerprint density at radius 3 is 2.41 bits per heavy atom. The predicted molar refractivity (Wildman–Crippen MR) is 125 cm³/mol. The summed E-state index contributed by atoms with van der Waals surface area (Å²) in [7, 11) is 1.62. The van der Waals surface area contributed by atoms with E-state index >= 15 is 0 Å². The van der Waals surface area contributed by atoms with Crippen LogP contribution < -0.4 is 10.1 Å². The van der Waals surface area contributed by atoms with Gasteiger partial charge in [0.2, 0.25) is 0 Å². The van der Waals surface area contributed by atoms with Gasteiger partial charge in [-0.2, -0.15) is 0 Å². The van der Waals surface area contributed by atoms with Gasteiger partial charge in [0.05, 0.1) is 12.1 Å². The number of anilines is 1. The second-order valence-corrected chi connectivity index (χ2v) is 7.65. The third kappa shape index (κ3) is 8.21. The Morgan fingerprint density at radius 1 is 1.10 bits per heavy atom. The summed E-state index contributed by atoms with van der Waals surface area (Å²) < 4.78 is 18.2. The zero-order valence-corrected chi connectivity index (χ0v) is 19.1. The van der Waals surface area contributed by atoms with Gasteiger partial charge >= 0.3 is 0 Å². The minimum absolute atomic E-state index is 0. The van der Waals surface area contributed by atoms with E-state index in [0.717, 1.165) is 44.7 Å². The topological polar surface area (TPSA) is 24.5 Å². The average molecular weight is 464 g/mol. The maximum Gasteiger partial charge on any atom is 0.137 e. The Morgan fingerprint density at radius 2 is 1.79 bits per heavy atom. The molecule has 162 valence electrons. The van der Waals surface area contributed by atoms with Gasteiger partial charge in [-0.3, -0.25) is 0 Å². The molecule has 0 aromatic heterocycles. The van der Waals surface area contributed by atoms with E-state index < -0.39 is 0 Å². The summed E-state index contributed by atoms with van der Waals surface area (Å²) in [5.41, 5.74) is 2.27. The van der Waals surface area contributed by atoms with Gasteiger partial charge in [-0.25, -0.2) is 4.39 Å². The molecule has 1 fully saturated rings. The van der Waals surface area contributed by atoms with Gasteiger partial charge in [-0.1, -0.05) is 23.7 Å². The molecule has 1 N–H and O–H groups in total. The van der Waals surface area contributed by atoms with Crippen molar-refractivity contribution in [1.82, 2.24) is 4.90 Å². The average Bonchev–Trinajstić information content (AvgIpc) is 2.68. The number of nitrogens with one attached hydrogen (secondary N) is 1. The molecule has 1 saturated heterocycles. The van der Waals surface area contributed by atoms with Crippen LogP contribution in [0, 0.1) is 11.7 Å². The lowest BCUT2D eigenvalue weighted by Crippen LogP contribution is -2.35. The number of likely N-dealkylation sites (tertiary alicyclic amines) is 1. The van der Waals surface area contributed by atoms with E-state index in [-0.39, 0.29) is 30.6 Å². The number of rotatable bonds is 8. The van der Waals surface area contributed by atoms with Gasteiger partial charge in [0.1, 0.15) is 11.6 Å². The molecule has 29 heavy (non-hydrogen) atoms. The number of ether oxygens (including phenoxy) is 1. The molecule has 3 nitrogen and oxygen atoms in total. The second-order valence-electron chi connectivity index (χ2n) is 7.25. The van der Waals surface area contributed by atoms with E-state index in [2.05, 4.69) is 10.2 Å². The first-order chi connectivity index (χ1) is 13.1. The maximum atomic E-state index is 13.0. The molecule has 1 aliphatic rings. The molecule has 1 heterocycles. The van der Waals surface area contributed by atoms with Crippen LogP contribution in [-0.2, 0) is 6.42 Å². The first-order valence-corrected chi connectivity index (χ1v) is 10.1. The third-order valence-corrected chi connectivity index (χ3v) is 5.57. The fraction of sp³-hybridized carbons (Fsp3) is 0.455. The van der Waals surface area contributed by atoms with E-state index in [9.17, 15) is 4.39 Å². The predicted octanol–water partition coefficient (Wildman–Crippen LogP) is 6.09. The molecule has 0 unspecified atom stereocenters. The van der Waals surface area contributed by atoms with Gasteiger partial charge in [-0.05, 0) is 87.1 Å². The lowest BCUT2D eigenvalue weighted by atomic mass is 9.90. The molecule has 3 rings (SSSR count). The minimum atomic E-state index is -0.154. The highest BCUT2D eigenvalue weighted by molar-refractivity contribution is 6.32. The van der Waals surface area contributed by atoms with E-state index in [1.165, 1.54) is 18.4 Å². The quantitative estimate of drug-likeness (QED) is 0.480. The number of halogens is 4. The highest BCUT2D eigenvalue weighted by Crippen LogP contribution is 2.27. The van der Waals surface area contributed by atoms with E-state index in [4.69, 9.17) is 16.3 Å². The zero-order valence-electron chi connectivity index (χ0n) is 16.7. The summed E-state index contributed by atoms with van der Waals surface area (Å²) in [6.07, 6.45) is 4.61. The first-order valence-electron chi connectivity index (χ1n) is 9.68. The summed E-state index contributed by atoms with van der Waals surface area (Å²) in [5.74, 6) is 1.26. The van der Waals surface area contributed by atoms with Crippen LogP contribution in [0.25, 0.3) is 0 Å². The molecular formula is C22H30Cl3FN2O. The molecular weight excluding hydrogens is 434 g/mol. The molecule has 2 aromatic rings. The van der Waals surface area contributed by atoms with Crippen molar-refractivity contribution in [3.05, 3.63) is 58.9 Å². The number of hydrogen-bond donors (Lipinski definition) is 1. The fourth-order valence-corrected chi connectivity index (χ4v) is 3.94. The molecule has 1 aliphatic heterocycles. The molecule has 0 saturated carbocycles. The van der Waals surface area contributed by atoms with Crippen molar-refractivity contribution in [2.24, 2.45) is 5.92 Å². The van der Waals surface area contributed by atoms with Gasteiger partial charge in [-0.15, -0.1) is 24.8 Å². The minimum Gasteiger partial charge on any atom is -0.495 e. The highest BCUT2D eigenvalue weighted by Gasteiger charge is 2.19. The van der Waals surface area contributed by atoms with Crippen molar-refractivity contribution >= 4 is 42.1 Å². The van der Waals surface area contributed by atoms with Gasteiger partial charge in [0.25, 0.3) is 0 Å². The van der Waals surface area contributed by atoms with E-state index in [1.807, 2.05) is 30.3 Å². The van der Waals surface area contributed by atoms with Crippen LogP contribution in [0.4, 0.5) is 10.1 Å². The van der Waals surface area contributed by atoms with Crippen LogP contribution in [0.2, 0.25) is 5.02 Å². The Kier molecular flexibility index (Phi) is 11.7. The molecule has 0 spiro atoms.